The van der Waals surface area contributed by atoms with E-state index in [0.29, 0.717) is 37.6 Å². The van der Waals surface area contributed by atoms with Gasteiger partial charge in [0.2, 0.25) is 10.0 Å². The van der Waals surface area contributed by atoms with E-state index < -0.39 is 15.9 Å². The maximum absolute atomic E-state index is 13.0. The van der Waals surface area contributed by atoms with Gasteiger partial charge in [-0.3, -0.25) is 9.59 Å². The quantitative estimate of drug-likeness (QED) is 0.645. The third kappa shape index (κ3) is 4.88. The highest BCUT2D eigenvalue weighted by Crippen LogP contribution is 2.30. The molecule has 164 valence electrons. The number of nitrogens with zero attached hydrogens (tertiary/aromatic N) is 4. The van der Waals surface area contributed by atoms with E-state index in [1.807, 2.05) is 18.7 Å². The first kappa shape index (κ1) is 23.6. The van der Waals surface area contributed by atoms with Crippen molar-refractivity contribution in [2.45, 2.75) is 32.6 Å². The molecule has 0 saturated heterocycles. The van der Waals surface area contributed by atoms with Gasteiger partial charge in [-0.1, -0.05) is 13.8 Å². The number of anilines is 2. The van der Waals surface area contributed by atoms with E-state index >= 15 is 0 Å². The van der Waals surface area contributed by atoms with Crippen molar-refractivity contribution in [1.82, 2.24) is 14.1 Å². The number of hydrogen-bond donors (Lipinski definition) is 1. The number of aromatic nitrogens is 2. The summed E-state index contributed by atoms with van der Waals surface area (Å²) in [6.07, 6.45) is 0. The number of benzene rings is 1. The smallest absolute Gasteiger partial charge is 0.276 e. The zero-order chi connectivity index (χ0) is 22.5. The number of carbonyl (C=O) groups is 1. The molecule has 10 heteroatoms. The summed E-state index contributed by atoms with van der Waals surface area (Å²) in [6.45, 7) is 9.56. The summed E-state index contributed by atoms with van der Waals surface area (Å²) in [5.41, 5.74) is 0.798. The van der Waals surface area contributed by atoms with Crippen LogP contribution in [0.15, 0.2) is 40.0 Å². The lowest BCUT2D eigenvalue weighted by Crippen LogP contribution is -2.31. The number of sulfonamides is 1. The Morgan fingerprint density at radius 1 is 1.03 bits per heavy atom. The van der Waals surface area contributed by atoms with E-state index in [1.54, 1.807) is 26.0 Å². The number of nitrogens with one attached hydrogen (secondary N) is 1. The number of rotatable bonds is 9. The fraction of sp³-hybridized carbons (Fsp3) is 0.450. The summed E-state index contributed by atoms with van der Waals surface area (Å²) in [6, 6.07) is 7.33. The molecule has 30 heavy (non-hydrogen) atoms. The van der Waals surface area contributed by atoms with Gasteiger partial charge in [0.05, 0.1) is 16.3 Å². The average molecular weight is 436 g/mol. The van der Waals surface area contributed by atoms with Crippen molar-refractivity contribution in [3.63, 3.8) is 0 Å². The van der Waals surface area contributed by atoms with Crippen molar-refractivity contribution in [3.8, 4) is 0 Å². The number of hydrogen-bond acceptors (Lipinski definition) is 6. The highest BCUT2D eigenvalue weighted by Gasteiger charge is 2.24. The molecule has 0 aliphatic rings. The van der Waals surface area contributed by atoms with Gasteiger partial charge in [0, 0.05) is 39.3 Å². The van der Waals surface area contributed by atoms with Crippen LogP contribution in [0.4, 0.5) is 11.4 Å². The van der Waals surface area contributed by atoms with Crippen LogP contribution in [0.2, 0.25) is 0 Å². The molecule has 1 aromatic carbocycles. The minimum Gasteiger partial charge on any atom is -0.370 e. The van der Waals surface area contributed by atoms with Crippen LogP contribution in [0, 0.1) is 0 Å². The SMILES string of the molecule is CCN(CC)c1ccc(S(=O)(=O)N(CC)CC)cc1NC(=O)c1ccc(=O)n(C)n1. The van der Waals surface area contributed by atoms with Crippen LogP contribution in [0.5, 0.6) is 0 Å². The molecule has 0 fully saturated rings. The normalized spacial score (nSPS) is 11.5. The Morgan fingerprint density at radius 2 is 1.67 bits per heavy atom. The maximum Gasteiger partial charge on any atom is 0.276 e. The molecule has 1 N–H and O–H groups in total. The summed E-state index contributed by atoms with van der Waals surface area (Å²) in [5, 5.41) is 6.73. The molecule has 9 nitrogen and oxygen atoms in total. The van der Waals surface area contributed by atoms with Gasteiger partial charge >= 0.3 is 0 Å². The predicted octanol–water partition coefficient (Wildman–Crippen LogP) is 1.91. The summed E-state index contributed by atoms with van der Waals surface area (Å²) < 4.78 is 28.3. The Labute approximate surface area is 177 Å². The van der Waals surface area contributed by atoms with Gasteiger partial charge in [0.25, 0.3) is 11.5 Å². The zero-order valence-electron chi connectivity index (χ0n) is 18.0. The first-order valence-corrected chi connectivity index (χ1v) is 11.4. The molecular formula is C20H29N5O4S. The molecule has 0 unspecified atom stereocenters. The van der Waals surface area contributed by atoms with Crippen molar-refractivity contribution in [2.75, 3.05) is 36.4 Å². The number of aryl methyl sites for hydroxylation is 1. The topological polar surface area (TPSA) is 105 Å². The first-order valence-electron chi connectivity index (χ1n) is 9.94. The highest BCUT2D eigenvalue weighted by molar-refractivity contribution is 7.89. The summed E-state index contributed by atoms with van der Waals surface area (Å²) in [5.74, 6) is -0.531. The molecule has 0 aliphatic heterocycles. The monoisotopic (exact) mass is 435 g/mol. The molecular weight excluding hydrogens is 406 g/mol. The molecule has 0 spiro atoms. The highest BCUT2D eigenvalue weighted by atomic mass is 32.2. The molecule has 0 saturated carbocycles. The van der Waals surface area contributed by atoms with Crippen LogP contribution in [-0.4, -0.2) is 54.6 Å². The Morgan fingerprint density at radius 3 is 2.20 bits per heavy atom. The summed E-state index contributed by atoms with van der Waals surface area (Å²) in [4.78, 5) is 26.4. The Balaban J connectivity index is 2.54. The minimum atomic E-state index is -3.69. The Kier molecular flexibility index (Phi) is 7.74. The summed E-state index contributed by atoms with van der Waals surface area (Å²) in [7, 11) is -2.23. The van der Waals surface area contributed by atoms with Crippen LogP contribution in [-0.2, 0) is 17.1 Å². The van der Waals surface area contributed by atoms with E-state index in [-0.39, 0.29) is 16.1 Å². The lowest BCUT2D eigenvalue weighted by atomic mass is 10.2. The fourth-order valence-corrected chi connectivity index (χ4v) is 4.62. The molecule has 1 amide bonds. The van der Waals surface area contributed by atoms with Gasteiger partial charge in [-0.2, -0.15) is 9.40 Å². The van der Waals surface area contributed by atoms with Crippen molar-refractivity contribution < 1.29 is 13.2 Å². The van der Waals surface area contributed by atoms with Crippen LogP contribution in [0.3, 0.4) is 0 Å². The molecule has 0 atom stereocenters. The number of carbonyl (C=O) groups excluding carboxylic acids is 1. The van der Waals surface area contributed by atoms with Crippen LogP contribution >= 0.6 is 0 Å². The van der Waals surface area contributed by atoms with Crippen molar-refractivity contribution in [1.29, 1.82) is 0 Å². The first-order chi connectivity index (χ1) is 14.2. The van der Waals surface area contributed by atoms with Gasteiger partial charge in [-0.05, 0) is 38.1 Å². The molecule has 1 aromatic heterocycles. The Bertz CT molecular complexity index is 1060. The van der Waals surface area contributed by atoms with Gasteiger partial charge in [0.1, 0.15) is 5.69 Å². The largest absolute Gasteiger partial charge is 0.370 e. The maximum atomic E-state index is 13.0. The van der Waals surface area contributed by atoms with Crippen molar-refractivity contribution in [3.05, 3.63) is 46.4 Å². The number of amides is 1. The van der Waals surface area contributed by atoms with Gasteiger partial charge in [-0.25, -0.2) is 13.1 Å². The third-order valence-corrected chi connectivity index (χ3v) is 6.90. The zero-order valence-corrected chi connectivity index (χ0v) is 18.9. The standard InChI is InChI=1S/C20H29N5O4S/c1-6-24(7-2)18-12-10-15(30(28,29)25(8-3)9-4)14-17(18)21-20(27)16-11-13-19(26)23(5)22-16/h10-14H,6-9H2,1-5H3,(H,21,27). The van der Waals surface area contributed by atoms with E-state index in [0.717, 1.165) is 4.68 Å². The second-order valence-corrected chi connectivity index (χ2v) is 8.51. The van der Waals surface area contributed by atoms with Gasteiger partial charge in [-0.15, -0.1) is 0 Å². The Hall–Kier alpha value is -2.72. The lowest BCUT2D eigenvalue weighted by Gasteiger charge is -2.25. The van der Waals surface area contributed by atoms with Gasteiger partial charge < -0.3 is 10.2 Å². The molecule has 0 bridgehead atoms. The summed E-state index contributed by atoms with van der Waals surface area (Å²) >= 11 is 0. The van der Waals surface area contributed by atoms with E-state index in [1.165, 1.54) is 29.6 Å². The van der Waals surface area contributed by atoms with Crippen LogP contribution < -0.4 is 15.8 Å². The third-order valence-electron chi connectivity index (χ3n) is 4.86. The molecule has 2 rings (SSSR count). The lowest BCUT2D eigenvalue weighted by molar-refractivity contribution is 0.102. The van der Waals surface area contributed by atoms with E-state index in [9.17, 15) is 18.0 Å². The minimum absolute atomic E-state index is 0.0552. The molecule has 0 aliphatic carbocycles. The van der Waals surface area contributed by atoms with Crippen molar-refractivity contribution in [2.24, 2.45) is 7.05 Å². The second-order valence-electron chi connectivity index (χ2n) is 6.58. The average Bonchev–Trinajstić information content (AvgIpc) is 2.72. The predicted molar refractivity (Wildman–Crippen MR) is 118 cm³/mol. The second kappa shape index (κ2) is 9.86. The molecule has 1 heterocycles. The van der Waals surface area contributed by atoms with Crippen molar-refractivity contribution >= 4 is 27.3 Å². The van der Waals surface area contributed by atoms with E-state index in [2.05, 4.69) is 10.4 Å². The fourth-order valence-electron chi connectivity index (χ4n) is 3.14. The molecule has 0 radical (unpaired) electrons. The van der Waals surface area contributed by atoms with Crippen LogP contribution in [0.25, 0.3) is 0 Å². The van der Waals surface area contributed by atoms with E-state index in [4.69, 9.17) is 0 Å². The molecule has 2 aromatic rings. The van der Waals surface area contributed by atoms with Crippen LogP contribution in [0.1, 0.15) is 38.2 Å². The van der Waals surface area contributed by atoms with Gasteiger partial charge in [0.15, 0.2) is 0 Å².